The normalized spacial score (nSPS) is 11.6. The topological polar surface area (TPSA) is 70.8 Å². The molecular formula is C23H30N4O2. The van der Waals surface area contributed by atoms with E-state index in [9.17, 15) is 5.11 Å². The fourth-order valence-corrected chi connectivity index (χ4v) is 3.36. The molecule has 0 atom stereocenters. The van der Waals surface area contributed by atoms with Gasteiger partial charge in [-0.25, -0.2) is 0 Å². The average Bonchev–Trinajstić information content (AvgIpc) is 3.15. The maximum Gasteiger partial charge on any atom is 0.191 e. The zero-order chi connectivity index (χ0) is 20.5. The number of fused-ring (bicyclic) bond motifs is 1. The quantitative estimate of drug-likeness (QED) is 0.295. The largest absolute Gasteiger partial charge is 0.504 e. The minimum Gasteiger partial charge on any atom is -0.504 e. The zero-order valence-corrected chi connectivity index (χ0v) is 17.2. The summed E-state index contributed by atoms with van der Waals surface area (Å²) in [5.41, 5.74) is 2.12. The first kappa shape index (κ1) is 20.6. The number of nitrogens with zero attached hydrogens (tertiary/aromatic N) is 2. The van der Waals surface area contributed by atoms with Crippen LogP contribution in [0.25, 0.3) is 10.9 Å². The Labute approximate surface area is 172 Å². The number of phenolic OH excluding ortho intramolecular Hbond substituents is 1. The lowest BCUT2D eigenvalue weighted by molar-refractivity contribution is 0.370. The highest BCUT2D eigenvalue weighted by molar-refractivity contribution is 5.80. The summed E-state index contributed by atoms with van der Waals surface area (Å²) in [6, 6.07) is 16.1. The van der Waals surface area contributed by atoms with Crippen LogP contribution >= 0.6 is 0 Å². The van der Waals surface area contributed by atoms with Gasteiger partial charge in [-0.2, -0.15) is 0 Å². The molecule has 29 heavy (non-hydrogen) atoms. The maximum atomic E-state index is 10.2. The summed E-state index contributed by atoms with van der Waals surface area (Å²) in [5.74, 6) is 1.51. The fourth-order valence-electron chi connectivity index (χ4n) is 3.36. The molecule has 0 aliphatic rings. The number of hydrogen-bond donors (Lipinski definition) is 3. The average molecular weight is 395 g/mol. The second-order valence-electron chi connectivity index (χ2n) is 6.83. The molecule has 3 rings (SSSR count). The number of rotatable bonds is 9. The Balaban J connectivity index is 1.49. The van der Waals surface area contributed by atoms with Crippen LogP contribution < -0.4 is 15.4 Å². The molecule has 0 unspecified atom stereocenters. The molecule has 2 aromatic carbocycles. The van der Waals surface area contributed by atoms with Crippen molar-refractivity contribution < 1.29 is 9.84 Å². The van der Waals surface area contributed by atoms with Crippen LogP contribution in [0.3, 0.4) is 0 Å². The zero-order valence-electron chi connectivity index (χ0n) is 17.2. The Morgan fingerprint density at radius 1 is 1.10 bits per heavy atom. The van der Waals surface area contributed by atoms with Crippen molar-refractivity contribution in [2.24, 2.45) is 4.99 Å². The molecule has 0 amide bonds. The highest BCUT2D eigenvalue weighted by Gasteiger charge is 2.07. The SMILES string of the molecule is CCNC(=NCCCn1ccc2ccccc21)NCCc1cccc(OC)c1O. The standard InChI is InChI=1S/C23H30N4O2/c1-3-24-23(26-15-12-19-9-6-11-21(29-2)22(19)28)25-14-7-16-27-17-13-18-8-4-5-10-20(18)27/h4-6,8-11,13,17,28H,3,7,12,14-16H2,1-2H3,(H2,24,25,26). The highest BCUT2D eigenvalue weighted by Crippen LogP contribution is 2.29. The van der Waals surface area contributed by atoms with E-state index >= 15 is 0 Å². The van der Waals surface area contributed by atoms with Gasteiger partial charge in [0.05, 0.1) is 7.11 Å². The van der Waals surface area contributed by atoms with E-state index in [4.69, 9.17) is 4.74 Å². The summed E-state index contributed by atoms with van der Waals surface area (Å²) in [4.78, 5) is 4.67. The van der Waals surface area contributed by atoms with Crippen molar-refractivity contribution in [2.75, 3.05) is 26.7 Å². The number of aromatic nitrogens is 1. The van der Waals surface area contributed by atoms with Crippen LogP contribution in [0.1, 0.15) is 18.9 Å². The summed E-state index contributed by atoms with van der Waals surface area (Å²) in [6.45, 7) is 5.21. The molecule has 0 saturated heterocycles. The fraction of sp³-hybridized carbons (Fsp3) is 0.348. The molecule has 3 aromatic rings. The van der Waals surface area contributed by atoms with Crippen molar-refractivity contribution in [3.63, 3.8) is 0 Å². The summed E-state index contributed by atoms with van der Waals surface area (Å²) >= 11 is 0. The molecule has 3 N–H and O–H groups in total. The highest BCUT2D eigenvalue weighted by atomic mass is 16.5. The van der Waals surface area contributed by atoms with Crippen molar-refractivity contribution in [1.29, 1.82) is 0 Å². The van der Waals surface area contributed by atoms with Crippen LogP contribution in [-0.2, 0) is 13.0 Å². The summed E-state index contributed by atoms with van der Waals surface area (Å²) in [7, 11) is 1.56. The molecule has 1 aromatic heterocycles. The molecule has 1 heterocycles. The maximum absolute atomic E-state index is 10.2. The molecule has 0 spiro atoms. The molecule has 0 aliphatic heterocycles. The number of ether oxygens (including phenoxy) is 1. The van der Waals surface area contributed by atoms with Gasteiger partial charge in [-0.15, -0.1) is 0 Å². The molecule has 0 saturated carbocycles. The van der Waals surface area contributed by atoms with Crippen LogP contribution in [0.4, 0.5) is 0 Å². The van der Waals surface area contributed by atoms with Gasteiger partial charge in [-0.3, -0.25) is 4.99 Å². The van der Waals surface area contributed by atoms with E-state index in [0.717, 1.165) is 37.6 Å². The number of hydrogen-bond acceptors (Lipinski definition) is 3. The monoisotopic (exact) mass is 394 g/mol. The third-order valence-corrected chi connectivity index (χ3v) is 4.84. The van der Waals surface area contributed by atoms with Gasteiger partial charge in [0.1, 0.15) is 0 Å². The minimum absolute atomic E-state index is 0.206. The van der Waals surface area contributed by atoms with Gasteiger partial charge in [0, 0.05) is 37.9 Å². The lowest BCUT2D eigenvalue weighted by Crippen LogP contribution is -2.38. The van der Waals surface area contributed by atoms with Crippen LogP contribution in [0.15, 0.2) is 59.7 Å². The predicted octanol–water partition coefficient (Wildman–Crippen LogP) is 3.54. The molecule has 154 valence electrons. The van der Waals surface area contributed by atoms with E-state index in [1.807, 2.05) is 12.1 Å². The lowest BCUT2D eigenvalue weighted by atomic mass is 10.1. The number of guanidine groups is 1. The predicted molar refractivity (Wildman–Crippen MR) is 119 cm³/mol. The third-order valence-electron chi connectivity index (χ3n) is 4.84. The number of methoxy groups -OCH3 is 1. The molecule has 6 heteroatoms. The van der Waals surface area contributed by atoms with E-state index in [1.54, 1.807) is 13.2 Å². The van der Waals surface area contributed by atoms with Gasteiger partial charge in [-0.05, 0) is 48.9 Å². The molecule has 0 fully saturated rings. The second-order valence-corrected chi connectivity index (χ2v) is 6.83. The first-order valence-electron chi connectivity index (χ1n) is 10.1. The minimum atomic E-state index is 0.206. The Hall–Kier alpha value is -3.15. The van der Waals surface area contributed by atoms with Crippen molar-refractivity contribution in [3.05, 3.63) is 60.3 Å². The summed E-state index contributed by atoms with van der Waals surface area (Å²) in [6.07, 6.45) is 3.78. The molecule has 0 bridgehead atoms. The van der Waals surface area contributed by atoms with E-state index in [0.29, 0.717) is 18.7 Å². The Morgan fingerprint density at radius 2 is 1.97 bits per heavy atom. The van der Waals surface area contributed by atoms with Gasteiger partial charge in [0.2, 0.25) is 0 Å². The summed E-state index contributed by atoms with van der Waals surface area (Å²) in [5, 5.41) is 18.1. The second kappa shape index (κ2) is 10.4. The molecule has 0 radical (unpaired) electrons. The summed E-state index contributed by atoms with van der Waals surface area (Å²) < 4.78 is 7.44. The number of aromatic hydroxyl groups is 1. The van der Waals surface area contributed by atoms with Crippen molar-refractivity contribution in [2.45, 2.75) is 26.3 Å². The number of aryl methyl sites for hydroxylation is 1. The van der Waals surface area contributed by atoms with Gasteiger partial charge >= 0.3 is 0 Å². The number of para-hydroxylation sites is 2. The lowest BCUT2D eigenvalue weighted by Gasteiger charge is -2.13. The van der Waals surface area contributed by atoms with E-state index in [1.165, 1.54) is 10.9 Å². The number of aliphatic imine (C=N–C) groups is 1. The number of phenols is 1. The number of nitrogens with one attached hydrogen (secondary N) is 2. The smallest absolute Gasteiger partial charge is 0.191 e. The Bertz CT molecular complexity index is 949. The van der Waals surface area contributed by atoms with Crippen LogP contribution in [0.5, 0.6) is 11.5 Å². The van der Waals surface area contributed by atoms with Crippen LogP contribution in [0, 0.1) is 0 Å². The van der Waals surface area contributed by atoms with Crippen molar-refractivity contribution in [1.82, 2.24) is 15.2 Å². The van der Waals surface area contributed by atoms with Gasteiger partial charge in [0.25, 0.3) is 0 Å². The Kier molecular flexibility index (Phi) is 7.39. The van der Waals surface area contributed by atoms with Gasteiger partial charge in [-0.1, -0.05) is 30.3 Å². The van der Waals surface area contributed by atoms with Crippen molar-refractivity contribution >= 4 is 16.9 Å². The molecule has 0 aliphatic carbocycles. The number of benzene rings is 2. The van der Waals surface area contributed by atoms with E-state index in [-0.39, 0.29) is 5.75 Å². The van der Waals surface area contributed by atoms with Crippen LogP contribution in [-0.4, -0.2) is 42.4 Å². The Morgan fingerprint density at radius 3 is 2.79 bits per heavy atom. The van der Waals surface area contributed by atoms with E-state index in [2.05, 4.69) is 63.6 Å². The van der Waals surface area contributed by atoms with Crippen LogP contribution in [0.2, 0.25) is 0 Å². The first-order valence-corrected chi connectivity index (χ1v) is 10.1. The van der Waals surface area contributed by atoms with Gasteiger partial charge in [0.15, 0.2) is 17.5 Å². The first-order chi connectivity index (χ1) is 14.2. The van der Waals surface area contributed by atoms with Crippen molar-refractivity contribution in [3.8, 4) is 11.5 Å². The molecule has 6 nitrogen and oxygen atoms in total. The van der Waals surface area contributed by atoms with Gasteiger partial charge < -0.3 is 25.0 Å². The molecular weight excluding hydrogens is 364 g/mol. The van der Waals surface area contributed by atoms with E-state index < -0.39 is 0 Å². The third kappa shape index (κ3) is 5.44.